The van der Waals surface area contributed by atoms with Gasteiger partial charge in [-0.2, -0.15) is 4.37 Å². The van der Waals surface area contributed by atoms with Gasteiger partial charge in [0.05, 0.1) is 11.3 Å². The van der Waals surface area contributed by atoms with Crippen LogP contribution < -0.4 is 27.0 Å². The molecule has 11 nitrogen and oxygen atoms in total. The van der Waals surface area contributed by atoms with Gasteiger partial charge in [-0.05, 0) is 48.3 Å². The van der Waals surface area contributed by atoms with E-state index in [0.717, 1.165) is 17.1 Å². The zero-order valence-electron chi connectivity index (χ0n) is 18.0. The van der Waals surface area contributed by atoms with Gasteiger partial charge in [-0.25, -0.2) is 9.59 Å². The van der Waals surface area contributed by atoms with Crippen molar-refractivity contribution in [3.63, 3.8) is 0 Å². The number of aliphatic carboxylic acids is 1. The summed E-state index contributed by atoms with van der Waals surface area (Å²) in [4.78, 5) is 47.2. The zero-order valence-corrected chi connectivity index (χ0v) is 18.9. The fourth-order valence-corrected chi connectivity index (χ4v) is 3.72. The number of carbonyl (C=O) groups excluding carboxylic acids is 3. The standard InChI is InChI=1S/C22H22N6O5S/c1-12-2-6-14(7-3-12)25-22(33)26-15-8-4-13(5-9-15)18-17(19(23)31)20(28-34-18)27-21(32)24-11-10-16(29)30/h2-9H,10-11H2,1H3,(H2,23,31)(H,29,30)(H2,25,26,33)(H2,24,27,28,32). The number of hydrogen-bond donors (Lipinski definition) is 6. The van der Waals surface area contributed by atoms with Gasteiger partial charge in [-0.1, -0.05) is 29.8 Å². The fourth-order valence-electron chi connectivity index (χ4n) is 2.87. The lowest BCUT2D eigenvalue weighted by Gasteiger charge is -2.09. The molecule has 0 aliphatic heterocycles. The van der Waals surface area contributed by atoms with Gasteiger partial charge in [0.1, 0.15) is 5.56 Å². The molecule has 34 heavy (non-hydrogen) atoms. The van der Waals surface area contributed by atoms with Crippen molar-refractivity contribution in [3.05, 3.63) is 59.7 Å². The van der Waals surface area contributed by atoms with E-state index in [4.69, 9.17) is 10.8 Å². The normalized spacial score (nSPS) is 10.3. The number of amides is 5. The number of nitrogens with one attached hydrogen (secondary N) is 4. The van der Waals surface area contributed by atoms with Crippen LogP contribution in [0.1, 0.15) is 22.3 Å². The van der Waals surface area contributed by atoms with Crippen LogP contribution in [0.5, 0.6) is 0 Å². The van der Waals surface area contributed by atoms with E-state index in [1.165, 1.54) is 0 Å². The van der Waals surface area contributed by atoms with Gasteiger partial charge in [-0.15, -0.1) is 0 Å². The van der Waals surface area contributed by atoms with E-state index in [1.54, 1.807) is 36.4 Å². The maximum absolute atomic E-state index is 12.2. The Morgan fingerprint density at radius 1 is 0.912 bits per heavy atom. The number of aryl methyl sites for hydroxylation is 1. The van der Waals surface area contributed by atoms with Crippen LogP contribution in [0, 0.1) is 6.92 Å². The molecule has 0 unspecified atom stereocenters. The Morgan fingerprint density at radius 2 is 1.50 bits per heavy atom. The summed E-state index contributed by atoms with van der Waals surface area (Å²) in [5.74, 6) is -1.87. The third-order valence-corrected chi connectivity index (χ3v) is 5.41. The van der Waals surface area contributed by atoms with E-state index in [9.17, 15) is 19.2 Å². The first-order valence-corrected chi connectivity index (χ1v) is 10.8. The summed E-state index contributed by atoms with van der Waals surface area (Å²) < 4.78 is 4.09. The molecular weight excluding hydrogens is 460 g/mol. The van der Waals surface area contributed by atoms with Crippen molar-refractivity contribution >= 4 is 52.7 Å². The van der Waals surface area contributed by atoms with Crippen molar-refractivity contribution < 1.29 is 24.3 Å². The molecule has 7 N–H and O–H groups in total. The van der Waals surface area contributed by atoms with Gasteiger partial charge >= 0.3 is 18.0 Å². The van der Waals surface area contributed by atoms with Crippen LogP contribution in [0.25, 0.3) is 10.4 Å². The molecular formula is C22H22N6O5S. The third kappa shape index (κ3) is 6.53. The summed E-state index contributed by atoms with van der Waals surface area (Å²) in [5.41, 5.74) is 8.39. The Morgan fingerprint density at radius 3 is 2.06 bits per heavy atom. The molecule has 0 bridgehead atoms. The lowest BCUT2D eigenvalue weighted by Crippen LogP contribution is -2.31. The Balaban J connectivity index is 1.68. The predicted octanol–water partition coefficient (Wildman–Crippen LogP) is 3.46. The van der Waals surface area contributed by atoms with Gasteiger partial charge in [0.15, 0.2) is 5.82 Å². The lowest BCUT2D eigenvalue weighted by atomic mass is 10.1. The van der Waals surface area contributed by atoms with E-state index < -0.39 is 23.9 Å². The SMILES string of the molecule is Cc1ccc(NC(=O)Nc2ccc(-c3snc(NC(=O)NCCC(=O)O)c3C(N)=O)cc2)cc1. The van der Waals surface area contributed by atoms with E-state index in [2.05, 4.69) is 25.6 Å². The highest BCUT2D eigenvalue weighted by Crippen LogP contribution is 2.33. The largest absolute Gasteiger partial charge is 0.481 e. The number of nitrogens with zero attached hydrogens (tertiary/aromatic N) is 1. The van der Waals surface area contributed by atoms with Crippen LogP contribution >= 0.6 is 11.5 Å². The molecule has 0 spiro atoms. The molecule has 0 aliphatic carbocycles. The molecule has 2 aromatic carbocycles. The van der Waals surface area contributed by atoms with Gasteiger partial charge in [0.2, 0.25) is 0 Å². The van der Waals surface area contributed by atoms with Crippen molar-refractivity contribution in [2.24, 2.45) is 5.73 Å². The van der Waals surface area contributed by atoms with Crippen molar-refractivity contribution in [1.82, 2.24) is 9.69 Å². The Labute approximate surface area is 198 Å². The molecule has 3 aromatic rings. The molecule has 176 valence electrons. The quantitative estimate of drug-likeness (QED) is 0.286. The number of anilines is 3. The number of hydrogen-bond acceptors (Lipinski definition) is 6. The number of rotatable bonds is 8. The number of carboxylic acids is 1. The number of urea groups is 2. The van der Waals surface area contributed by atoms with Crippen LogP contribution in [0.2, 0.25) is 0 Å². The molecule has 1 aromatic heterocycles. The zero-order chi connectivity index (χ0) is 24.7. The minimum Gasteiger partial charge on any atom is -0.481 e. The third-order valence-electron chi connectivity index (χ3n) is 4.51. The molecule has 0 radical (unpaired) electrons. The van der Waals surface area contributed by atoms with Crippen LogP contribution in [-0.2, 0) is 4.79 Å². The molecule has 5 amide bonds. The first kappa shape index (κ1) is 24.2. The second kappa shape index (κ2) is 10.9. The number of carboxylic acid groups (broad SMARTS) is 1. The van der Waals surface area contributed by atoms with E-state index in [-0.39, 0.29) is 24.3 Å². The molecule has 0 aliphatic rings. The Hall–Kier alpha value is -4.45. The second-order valence-corrected chi connectivity index (χ2v) is 7.92. The van der Waals surface area contributed by atoms with E-state index in [1.807, 2.05) is 19.1 Å². The van der Waals surface area contributed by atoms with Crippen LogP contribution in [0.15, 0.2) is 48.5 Å². The minimum absolute atomic E-state index is 0.0243. The Bertz CT molecular complexity index is 1210. The van der Waals surface area contributed by atoms with Crippen molar-refractivity contribution in [3.8, 4) is 10.4 Å². The average Bonchev–Trinajstić information content (AvgIpc) is 3.19. The average molecular weight is 483 g/mol. The highest BCUT2D eigenvalue weighted by atomic mass is 32.1. The summed E-state index contributed by atoms with van der Waals surface area (Å²) in [5, 5.41) is 18.9. The molecule has 3 rings (SSSR count). The summed E-state index contributed by atoms with van der Waals surface area (Å²) >= 11 is 0.964. The van der Waals surface area contributed by atoms with Crippen LogP contribution in [0.4, 0.5) is 26.8 Å². The fraction of sp³-hybridized carbons (Fsp3) is 0.136. The molecule has 1 heterocycles. The summed E-state index contributed by atoms with van der Waals surface area (Å²) in [6, 6.07) is 12.9. The van der Waals surface area contributed by atoms with Crippen molar-refractivity contribution in [2.45, 2.75) is 13.3 Å². The summed E-state index contributed by atoms with van der Waals surface area (Å²) in [7, 11) is 0. The highest BCUT2D eigenvalue weighted by Gasteiger charge is 2.21. The number of nitrogens with two attached hydrogens (primary N) is 1. The monoisotopic (exact) mass is 482 g/mol. The number of primary amides is 1. The molecule has 0 atom stereocenters. The van der Waals surface area contributed by atoms with Gasteiger partial charge in [-0.3, -0.25) is 14.9 Å². The van der Waals surface area contributed by atoms with Crippen LogP contribution in [0.3, 0.4) is 0 Å². The molecule has 0 fully saturated rings. The lowest BCUT2D eigenvalue weighted by molar-refractivity contribution is -0.136. The van der Waals surface area contributed by atoms with Crippen molar-refractivity contribution in [1.29, 1.82) is 0 Å². The van der Waals surface area contributed by atoms with E-state index >= 15 is 0 Å². The van der Waals surface area contributed by atoms with Crippen molar-refractivity contribution in [2.75, 3.05) is 22.5 Å². The smallest absolute Gasteiger partial charge is 0.323 e. The predicted molar refractivity (Wildman–Crippen MR) is 129 cm³/mol. The van der Waals surface area contributed by atoms with E-state index in [0.29, 0.717) is 21.8 Å². The molecule has 0 saturated heterocycles. The summed E-state index contributed by atoms with van der Waals surface area (Å²) in [6.45, 7) is 1.87. The van der Waals surface area contributed by atoms with Crippen LogP contribution in [-0.4, -0.2) is 40.0 Å². The molecule has 12 heteroatoms. The second-order valence-electron chi connectivity index (χ2n) is 7.15. The highest BCUT2D eigenvalue weighted by molar-refractivity contribution is 7.10. The Kier molecular flexibility index (Phi) is 7.77. The molecule has 0 saturated carbocycles. The number of aromatic nitrogens is 1. The maximum atomic E-state index is 12.2. The first-order chi connectivity index (χ1) is 16.2. The van der Waals surface area contributed by atoms with Gasteiger partial charge in [0.25, 0.3) is 5.91 Å². The topological polar surface area (TPSA) is 176 Å². The number of benzene rings is 2. The number of carbonyl (C=O) groups is 4. The minimum atomic E-state index is -1.06. The maximum Gasteiger partial charge on any atom is 0.323 e. The first-order valence-electron chi connectivity index (χ1n) is 10.0. The van der Waals surface area contributed by atoms with Gasteiger partial charge in [0, 0.05) is 17.9 Å². The van der Waals surface area contributed by atoms with Gasteiger partial charge < -0.3 is 26.8 Å². The summed E-state index contributed by atoms with van der Waals surface area (Å²) in [6.07, 6.45) is -0.248.